The van der Waals surface area contributed by atoms with E-state index in [-0.39, 0.29) is 0 Å². The Labute approximate surface area is 178 Å². The van der Waals surface area contributed by atoms with Crippen LogP contribution in [-0.4, -0.2) is 18.3 Å². The van der Waals surface area contributed by atoms with Gasteiger partial charge in [-0.2, -0.15) is 35.1 Å². The molecule has 3 aromatic carbocycles. The van der Waals surface area contributed by atoms with Gasteiger partial charge in [-0.3, -0.25) is 0 Å². The standard InChI is InChI=1S/C24H16F8/c25-22(26,24(30,31)32)20(16-9-3-1-4-10-16)15-21(23(27,28)29,17-11-5-2-6-12-17)19-14-8-7-13-18(19)20/h1-14H,15H2. The van der Waals surface area contributed by atoms with Crippen LogP contribution in [0.3, 0.4) is 0 Å². The molecule has 3 aromatic rings. The summed E-state index contributed by atoms with van der Waals surface area (Å²) < 4.78 is 117. The average Bonchev–Trinajstić information content (AvgIpc) is 3.08. The summed E-state index contributed by atoms with van der Waals surface area (Å²) in [6, 6.07) is 16.5. The second-order valence-corrected chi connectivity index (χ2v) is 7.83. The summed E-state index contributed by atoms with van der Waals surface area (Å²) >= 11 is 0. The van der Waals surface area contributed by atoms with Crippen LogP contribution in [-0.2, 0) is 10.8 Å². The van der Waals surface area contributed by atoms with Gasteiger partial charge in [0.2, 0.25) is 0 Å². The van der Waals surface area contributed by atoms with E-state index in [1.807, 2.05) is 0 Å². The molecule has 4 rings (SSSR count). The molecule has 8 heteroatoms. The Kier molecular flexibility index (Phi) is 4.91. The summed E-state index contributed by atoms with van der Waals surface area (Å²) in [6.45, 7) is 0. The molecule has 0 fully saturated rings. The van der Waals surface area contributed by atoms with Gasteiger partial charge in [0.25, 0.3) is 0 Å². The lowest BCUT2D eigenvalue weighted by Crippen LogP contribution is -2.56. The van der Waals surface area contributed by atoms with Crippen LogP contribution in [0.4, 0.5) is 35.1 Å². The normalized spacial score (nSPS) is 23.8. The predicted octanol–water partition coefficient (Wildman–Crippen LogP) is 7.42. The molecule has 0 spiro atoms. The van der Waals surface area contributed by atoms with Gasteiger partial charge in [-0.1, -0.05) is 84.9 Å². The van der Waals surface area contributed by atoms with E-state index in [9.17, 15) is 26.3 Å². The van der Waals surface area contributed by atoms with Gasteiger partial charge in [-0.25, -0.2) is 0 Å². The average molecular weight is 456 g/mol. The minimum Gasteiger partial charge on any atom is -0.195 e. The van der Waals surface area contributed by atoms with Crippen LogP contribution in [0.15, 0.2) is 84.9 Å². The predicted molar refractivity (Wildman–Crippen MR) is 103 cm³/mol. The molecule has 0 N–H and O–H groups in total. The molecule has 168 valence electrons. The Morgan fingerprint density at radius 2 is 0.875 bits per heavy atom. The first-order chi connectivity index (χ1) is 14.9. The van der Waals surface area contributed by atoms with Crippen molar-refractivity contribution in [3.8, 4) is 0 Å². The van der Waals surface area contributed by atoms with Gasteiger partial charge in [-0.05, 0) is 28.7 Å². The Bertz CT molecular complexity index is 1100. The Balaban J connectivity index is 2.18. The fourth-order valence-electron chi connectivity index (χ4n) is 4.90. The lowest BCUT2D eigenvalue weighted by Gasteiger charge is -2.42. The number of rotatable bonds is 3. The van der Waals surface area contributed by atoms with Crippen molar-refractivity contribution in [1.29, 1.82) is 0 Å². The van der Waals surface area contributed by atoms with Crippen molar-refractivity contribution in [2.75, 3.05) is 0 Å². The number of alkyl halides is 8. The molecule has 2 atom stereocenters. The van der Waals surface area contributed by atoms with Crippen molar-refractivity contribution in [1.82, 2.24) is 0 Å². The Hall–Kier alpha value is -2.90. The summed E-state index contributed by atoms with van der Waals surface area (Å²) in [6.07, 6.45) is -12.8. The highest BCUT2D eigenvalue weighted by Crippen LogP contribution is 2.67. The molecular formula is C24H16F8. The summed E-state index contributed by atoms with van der Waals surface area (Å²) in [4.78, 5) is 0. The molecule has 32 heavy (non-hydrogen) atoms. The van der Waals surface area contributed by atoms with Gasteiger partial charge in [0.1, 0.15) is 5.41 Å². The molecule has 0 bridgehead atoms. The van der Waals surface area contributed by atoms with Crippen LogP contribution in [0.1, 0.15) is 28.7 Å². The molecule has 0 heterocycles. The highest BCUT2D eigenvalue weighted by Gasteiger charge is 2.78. The fourth-order valence-corrected chi connectivity index (χ4v) is 4.90. The lowest BCUT2D eigenvalue weighted by molar-refractivity contribution is -0.307. The molecule has 0 saturated heterocycles. The van der Waals surface area contributed by atoms with Crippen molar-refractivity contribution in [2.45, 2.75) is 35.5 Å². The molecule has 0 saturated carbocycles. The van der Waals surface area contributed by atoms with Crippen LogP contribution >= 0.6 is 0 Å². The Morgan fingerprint density at radius 3 is 1.28 bits per heavy atom. The maximum Gasteiger partial charge on any atom is 0.454 e. The van der Waals surface area contributed by atoms with E-state index < -0.39 is 57.8 Å². The van der Waals surface area contributed by atoms with E-state index in [0.717, 1.165) is 36.4 Å². The lowest BCUT2D eigenvalue weighted by atomic mass is 9.66. The van der Waals surface area contributed by atoms with Crippen LogP contribution in [0, 0.1) is 0 Å². The zero-order valence-corrected chi connectivity index (χ0v) is 16.3. The van der Waals surface area contributed by atoms with Crippen LogP contribution in [0.5, 0.6) is 0 Å². The highest BCUT2D eigenvalue weighted by atomic mass is 19.4. The van der Waals surface area contributed by atoms with E-state index in [2.05, 4.69) is 0 Å². The van der Waals surface area contributed by atoms with Gasteiger partial charge >= 0.3 is 18.3 Å². The van der Waals surface area contributed by atoms with Crippen LogP contribution in [0.2, 0.25) is 0 Å². The van der Waals surface area contributed by atoms with Crippen molar-refractivity contribution in [3.05, 3.63) is 107 Å². The summed E-state index contributed by atoms with van der Waals surface area (Å²) in [5.74, 6) is -5.49. The molecule has 0 radical (unpaired) electrons. The largest absolute Gasteiger partial charge is 0.454 e. The van der Waals surface area contributed by atoms with Gasteiger partial charge in [0.15, 0.2) is 0 Å². The number of benzene rings is 3. The topological polar surface area (TPSA) is 0 Å². The SMILES string of the molecule is FC(F)(F)C1(c2ccccc2)CC(c2ccccc2)(C(F)(F)C(F)(F)F)c2ccccc21. The first-order valence-corrected chi connectivity index (χ1v) is 9.62. The number of hydrogen-bond acceptors (Lipinski definition) is 0. The molecule has 1 aliphatic carbocycles. The number of fused-ring (bicyclic) bond motifs is 1. The third-order valence-corrected chi connectivity index (χ3v) is 6.29. The molecule has 2 unspecified atom stereocenters. The van der Waals surface area contributed by atoms with Gasteiger partial charge in [0.05, 0.1) is 5.41 Å². The number of halogens is 8. The smallest absolute Gasteiger partial charge is 0.195 e. The molecule has 0 aliphatic heterocycles. The van der Waals surface area contributed by atoms with E-state index in [0.29, 0.717) is 0 Å². The second-order valence-electron chi connectivity index (χ2n) is 7.83. The van der Waals surface area contributed by atoms with Crippen LogP contribution < -0.4 is 0 Å². The van der Waals surface area contributed by atoms with Crippen molar-refractivity contribution in [2.24, 2.45) is 0 Å². The maximum absolute atomic E-state index is 15.4. The van der Waals surface area contributed by atoms with Crippen LogP contribution in [0.25, 0.3) is 0 Å². The zero-order valence-electron chi connectivity index (χ0n) is 16.3. The quantitative estimate of drug-likeness (QED) is 0.360. The van der Waals surface area contributed by atoms with Crippen molar-refractivity contribution in [3.63, 3.8) is 0 Å². The van der Waals surface area contributed by atoms with Crippen molar-refractivity contribution >= 4 is 0 Å². The van der Waals surface area contributed by atoms with E-state index >= 15 is 8.78 Å². The summed E-state index contributed by atoms with van der Waals surface area (Å²) in [5.41, 5.74) is -8.56. The minimum absolute atomic E-state index is 0.393. The first kappa shape index (κ1) is 22.3. The van der Waals surface area contributed by atoms with Crippen molar-refractivity contribution < 1.29 is 35.1 Å². The molecule has 0 aromatic heterocycles. The molecule has 0 amide bonds. The Morgan fingerprint density at radius 1 is 0.500 bits per heavy atom. The maximum atomic E-state index is 15.4. The fraction of sp³-hybridized carbons (Fsp3) is 0.250. The third kappa shape index (κ3) is 2.81. The van der Waals surface area contributed by atoms with E-state index in [1.165, 1.54) is 48.5 Å². The summed E-state index contributed by atoms with van der Waals surface area (Å²) in [7, 11) is 0. The van der Waals surface area contributed by atoms with Gasteiger partial charge in [0, 0.05) is 0 Å². The molecule has 0 nitrogen and oxygen atoms in total. The molecule has 1 aliphatic rings. The van der Waals surface area contributed by atoms with E-state index in [1.54, 1.807) is 0 Å². The van der Waals surface area contributed by atoms with Gasteiger partial charge in [-0.15, -0.1) is 0 Å². The first-order valence-electron chi connectivity index (χ1n) is 9.62. The molecular weight excluding hydrogens is 440 g/mol. The highest BCUT2D eigenvalue weighted by molar-refractivity contribution is 5.60. The van der Waals surface area contributed by atoms with E-state index in [4.69, 9.17) is 0 Å². The summed E-state index contributed by atoms with van der Waals surface area (Å²) in [5, 5.41) is 0. The third-order valence-electron chi connectivity index (χ3n) is 6.29. The monoisotopic (exact) mass is 456 g/mol. The zero-order chi connectivity index (χ0) is 23.4. The second kappa shape index (κ2) is 7.05. The number of hydrogen-bond donors (Lipinski definition) is 0. The van der Waals surface area contributed by atoms with Gasteiger partial charge < -0.3 is 0 Å². The minimum atomic E-state index is -6.09.